The lowest BCUT2D eigenvalue weighted by atomic mass is 10.1. The van der Waals surface area contributed by atoms with Crippen LogP contribution in [-0.4, -0.2) is 49.9 Å². The highest BCUT2D eigenvalue weighted by Crippen LogP contribution is 2.20. The molecule has 0 aromatic carbocycles. The fourth-order valence-electron chi connectivity index (χ4n) is 2.88. The summed E-state index contributed by atoms with van der Waals surface area (Å²) in [5, 5.41) is 1.78. The second-order valence-electron chi connectivity index (χ2n) is 5.97. The molecule has 4 heterocycles. The molecule has 1 aliphatic rings. The molecule has 1 saturated heterocycles. The Kier molecular flexibility index (Phi) is 4.83. The predicted molar refractivity (Wildman–Crippen MR) is 96.9 cm³/mol. The van der Waals surface area contributed by atoms with Gasteiger partial charge in [-0.1, -0.05) is 0 Å². The van der Waals surface area contributed by atoms with Gasteiger partial charge in [0, 0.05) is 61.7 Å². The number of nitrogens with zero attached hydrogens (tertiary/aromatic N) is 5. The largest absolute Gasteiger partial charge is 0.460 e. The van der Waals surface area contributed by atoms with E-state index in [0.29, 0.717) is 24.8 Å². The minimum absolute atomic E-state index is 0.0114. The number of thiazole rings is 1. The van der Waals surface area contributed by atoms with E-state index in [1.807, 2.05) is 17.0 Å². The number of carbonyl (C=O) groups is 1. The van der Waals surface area contributed by atoms with Crippen molar-refractivity contribution in [2.24, 2.45) is 0 Å². The molecule has 0 atom stereocenters. The summed E-state index contributed by atoms with van der Waals surface area (Å²) >= 11 is 1.43. The molecule has 3 aromatic rings. The molecule has 0 spiro atoms. The first-order valence-corrected chi connectivity index (χ1v) is 9.30. The van der Waals surface area contributed by atoms with Gasteiger partial charge in [0.25, 0.3) is 5.91 Å². The van der Waals surface area contributed by atoms with Gasteiger partial charge in [0.1, 0.15) is 11.8 Å². The van der Waals surface area contributed by atoms with E-state index in [-0.39, 0.29) is 12.0 Å². The number of hydrogen-bond acceptors (Lipinski definition) is 7. The number of ether oxygens (including phenoxy) is 1. The topological polar surface area (TPSA) is 81.1 Å². The Balaban J connectivity index is 1.32. The van der Waals surface area contributed by atoms with Crippen LogP contribution in [0.5, 0.6) is 6.01 Å². The van der Waals surface area contributed by atoms with E-state index < -0.39 is 0 Å². The molecular formula is C18H17N5O2S. The third-order valence-electron chi connectivity index (χ3n) is 4.29. The van der Waals surface area contributed by atoms with Gasteiger partial charge in [0.05, 0.1) is 5.51 Å². The Morgan fingerprint density at radius 3 is 2.46 bits per heavy atom. The number of rotatable bonds is 4. The third kappa shape index (κ3) is 3.70. The number of likely N-dealkylation sites (tertiary alicyclic amines) is 1. The van der Waals surface area contributed by atoms with Gasteiger partial charge in [-0.05, 0) is 17.7 Å². The predicted octanol–water partition coefficient (Wildman–Crippen LogP) is 2.68. The molecule has 4 rings (SSSR count). The Hall–Kier alpha value is -2.87. The number of hydrogen-bond donors (Lipinski definition) is 0. The molecule has 26 heavy (non-hydrogen) atoms. The quantitative estimate of drug-likeness (QED) is 0.705. The van der Waals surface area contributed by atoms with Gasteiger partial charge < -0.3 is 9.64 Å². The van der Waals surface area contributed by atoms with E-state index in [1.165, 1.54) is 11.3 Å². The molecule has 0 unspecified atom stereocenters. The number of piperidine rings is 1. The highest BCUT2D eigenvalue weighted by Gasteiger charge is 2.26. The minimum atomic E-state index is -0.0114. The van der Waals surface area contributed by atoms with Crippen LogP contribution in [0.2, 0.25) is 0 Å². The van der Waals surface area contributed by atoms with E-state index in [0.717, 1.165) is 24.0 Å². The van der Waals surface area contributed by atoms with E-state index in [2.05, 4.69) is 19.9 Å². The normalized spacial score (nSPS) is 15.0. The maximum absolute atomic E-state index is 12.3. The molecule has 3 aromatic heterocycles. The zero-order valence-electron chi connectivity index (χ0n) is 14.0. The van der Waals surface area contributed by atoms with Crippen molar-refractivity contribution in [3.05, 3.63) is 53.5 Å². The second kappa shape index (κ2) is 7.57. The molecule has 0 bridgehead atoms. The third-order valence-corrected chi connectivity index (χ3v) is 4.88. The number of carbonyl (C=O) groups excluding carboxylic acids is 1. The van der Waals surface area contributed by atoms with E-state index in [1.54, 1.807) is 35.7 Å². The van der Waals surface area contributed by atoms with Crippen LogP contribution < -0.4 is 4.74 Å². The molecule has 1 amide bonds. The lowest BCUT2D eigenvalue weighted by molar-refractivity contribution is 0.0574. The van der Waals surface area contributed by atoms with Gasteiger partial charge in [-0.3, -0.25) is 9.78 Å². The van der Waals surface area contributed by atoms with Crippen molar-refractivity contribution in [1.82, 2.24) is 24.8 Å². The molecular weight excluding hydrogens is 350 g/mol. The zero-order valence-corrected chi connectivity index (χ0v) is 14.8. The summed E-state index contributed by atoms with van der Waals surface area (Å²) in [4.78, 5) is 30.8. The number of amides is 1. The summed E-state index contributed by atoms with van der Waals surface area (Å²) in [5.74, 6) is -0.0114. The Bertz CT molecular complexity index is 847. The lowest BCUT2D eigenvalue weighted by Crippen LogP contribution is -2.42. The molecule has 0 saturated carbocycles. The second-order valence-corrected chi connectivity index (χ2v) is 6.69. The van der Waals surface area contributed by atoms with Crippen LogP contribution in [0.25, 0.3) is 11.1 Å². The Morgan fingerprint density at radius 2 is 1.81 bits per heavy atom. The van der Waals surface area contributed by atoms with Crippen LogP contribution >= 0.6 is 11.3 Å². The van der Waals surface area contributed by atoms with Crippen LogP contribution in [0, 0.1) is 0 Å². The van der Waals surface area contributed by atoms with Crippen molar-refractivity contribution in [1.29, 1.82) is 0 Å². The van der Waals surface area contributed by atoms with Crippen molar-refractivity contribution in [3.8, 4) is 17.1 Å². The number of pyridine rings is 1. The minimum Gasteiger partial charge on any atom is -0.460 e. The molecule has 1 aliphatic heterocycles. The maximum atomic E-state index is 12.3. The van der Waals surface area contributed by atoms with Crippen LogP contribution in [-0.2, 0) is 0 Å². The summed E-state index contributed by atoms with van der Waals surface area (Å²) in [7, 11) is 0. The highest BCUT2D eigenvalue weighted by atomic mass is 32.1. The maximum Gasteiger partial charge on any atom is 0.316 e. The Labute approximate surface area is 154 Å². The monoisotopic (exact) mass is 367 g/mol. The van der Waals surface area contributed by atoms with Crippen molar-refractivity contribution < 1.29 is 9.53 Å². The lowest BCUT2D eigenvalue weighted by Gasteiger charge is -2.31. The molecule has 1 fully saturated rings. The first-order chi connectivity index (χ1) is 12.8. The van der Waals surface area contributed by atoms with Crippen molar-refractivity contribution >= 4 is 17.2 Å². The van der Waals surface area contributed by atoms with E-state index >= 15 is 0 Å². The first-order valence-electron chi connectivity index (χ1n) is 8.36. The summed E-state index contributed by atoms with van der Waals surface area (Å²) in [6.45, 7) is 1.30. The van der Waals surface area contributed by atoms with Gasteiger partial charge >= 0.3 is 6.01 Å². The standard InChI is InChI=1S/C18H17N5O2S/c24-17(16-11-26-12-22-16)23-7-3-15(4-8-23)25-18-20-9-14(10-21-18)13-1-5-19-6-2-13/h1-2,5-6,9-12,15H,3-4,7-8H2. The van der Waals surface area contributed by atoms with Crippen LogP contribution in [0.15, 0.2) is 47.8 Å². The van der Waals surface area contributed by atoms with Gasteiger partial charge in [-0.2, -0.15) is 0 Å². The molecule has 0 N–H and O–H groups in total. The zero-order chi connectivity index (χ0) is 17.8. The first kappa shape index (κ1) is 16.6. The van der Waals surface area contributed by atoms with Gasteiger partial charge in [-0.15, -0.1) is 11.3 Å². The van der Waals surface area contributed by atoms with E-state index in [4.69, 9.17) is 4.74 Å². The smallest absolute Gasteiger partial charge is 0.316 e. The SMILES string of the molecule is O=C(c1cscn1)N1CCC(Oc2ncc(-c3ccncc3)cn2)CC1. The molecule has 8 heteroatoms. The van der Waals surface area contributed by atoms with Crippen LogP contribution in [0.1, 0.15) is 23.3 Å². The molecule has 0 radical (unpaired) electrons. The molecule has 132 valence electrons. The van der Waals surface area contributed by atoms with Crippen LogP contribution in [0.4, 0.5) is 0 Å². The number of aromatic nitrogens is 4. The average molecular weight is 367 g/mol. The van der Waals surface area contributed by atoms with Crippen LogP contribution in [0.3, 0.4) is 0 Å². The molecule has 7 nitrogen and oxygen atoms in total. The van der Waals surface area contributed by atoms with Crippen molar-refractivity contribution in [2.75, 3.05) is 13.1 Å². The fourth-order valence-corrected chi connectivity index (χ4v) is 3.40. The van der Waals surface area contributed by atoms with Crippen molar-refractivity contribution in [3.63, 3.8) is 0 Å². The summed E-state index contributed by atoms with van der Waals surface area (Å²) < 4.78 is 5.88. The van der Waals surface area contributed by atoms with Gasteiger partial charge in [-0.25, -0.2) is 15.0 Å². The highest BCUT2D eigenvalue weighted by molar-refractivity contribution is 7.07. The fraction of sp³-hybridized carbons (Fsp3) is 0.278. The van der Waals surface area contributed by atoms with Crippen molar-refractivity contribution in [2.45, 2.75) is 18.9 Å². The van der Waals surface area contributed by atoms with E-state index in [9.17, 15) is 4.79 Å². The van der Waals surface area contributed by atoms with Gasteiger partial charge in [0.2, 0.25) is 0 Å². The summed E-state index contributed by atoms with van der Waals surface area (Å²) in [6, 6.07) is 4.19. The Morgan fingerprint density at radius 1 is 1.08 bits per heavy atom. The van der Waals surface area contributed by atoms with Gasteiger partial charge in [0.15, 0.2) is 0 Å². The summed E-state index contributed by atoms with van der Waals surface area (Å²) in [5.41, 5.74) is 4.13. The molecule has 0 aliphatic carbocycles. The summed E-state index contributed by atoms with van der Waals surface area (Å²) in [6.07, 6.45) is 8.50. The average Bonchev–Trinajstić information content (AvgIpc) is 3.24.